The molecule has 3 rings (SSSR count). The Hall–Kier alpha value is -1.43. The van der Waals surface area contributed by atoms with Crippen molar-refractivity contribution >= 4 is 5.69 Å². The molecule has 2 unspecified atom stereocenters. The number of anilines is 1. The number of halogens is 3. The highest BCUT2D eigenvalue weighted by molar-refractivity contribution is 5.54. The summed E-state index contributed by atoms with van der Waals surface area (Å²) in [4.78, 5) is 2.21. The molecule has 2 aliphatic heterocycles. The predicted octanol–water partition coefficient (Wildman–Crippen LogP) is 3.04. The summed E-state index contributed by atoms with van der Waals surface area (Å²) in [6, 6.07) is 7.12. The quantitative estimate of drug-likeness (QED) is 0.908. The highest BCUT2D eigenvalue weighted by Crippen LogP contribution is 2.40. The van der Waals surface area contributed by atoms with E-state index in [2.05, 4.69) is 9.64 Å². The molecule has 0 aromatic heterocycles. The fourth-order valence-corrected chi connectivity index (χ4v) is 3.48. The second-order valence-electron chi connectivity index (χ2n) is 5.57. The SMILES string of the molecule is NC1CC2CCC(C1)N2c1cccc(OC(F)(F)F)c1. The topological polar surface area (TPSA) is 38.5 Å². The molecular weight excluding hydrogens is 269 g/mol. The van der Waals surface area contributed by atoms with E-state index in [1.54, 1.807) is 6.07 Å². The molecule has 2 aliphatic rings. The zero-order valence-electron chi connectivity index (χ0n) is 10.9. The summed E-state index contributed by atoms with van der Waals surface area (Å²) in [6.07, 6.45) is -0.727. The van der Waals surface area contributed by atoms with Gasteiger partial charge in [-0.1, -0.05) is 6.07 Å². The molecule has 3 nitrogen and oxygen atoms in total. The fraction of sp³-hybridized carbons (Fsp3) is 0.571. The van der Waals surface area contributed by atoms with Crippen LogP contribution in [-0.2, 0) is 0 Å². The van der Waals surface area contributed by atoms with E-state index in [0.29, 0.717) is 12.1 Å². The molecule has 2 saturated heterocycles. The second kappa shape index (κ2) is 4.84. The Morgan fingerprint density at radius 3 is 2.40 bits per heavy atom. The molecule has 0 saturated carbocycles. The Bertz CT molecular complexity index is 478. The Balaban J connectivity index is 1.83. The maximum absolute atomic E-state index is 12.3. The van der Waals surface area contributed by atoms with E-state index in [0.717, 1.165) is 31.4 Å². The Morgan fingerprint density at radius 1 is 1.15 bits per heavy atom. The average Bonchev–Trinajstić information content (AvgIpc) is 2.60. The number of ether oxygens (including phenoxy) is 1. The van der Waals surface area contributed by atoms with Crippen molar-refractivity contribution in [2.45, 2.75) is 50.2 Å². The van der Waals surface area contributed by atoms with E-state index in [9.17, 15) is 13.2 Å². The third kappa shape index (κ3) is 2.70. The van der Waals surface area contributed by atoms with Crippen molar-refractivity contribution in [2.75, 3.05) is 4.90 Å². The zero-order chi connectivity index (χ0) is 14.3. The number of hydrogen-bond acceptors (Lipinski definition) is 3. The third-order valence-electron chi connectivity index (χ3n) is 4.12. The van der Waals surface area contributed by atoms with Crippen LogP contribution < -0.4 is 15.4 Å². The number of rotatable bonds is 2. The molecule has 0 spiro atoms. The molecule has 0 amide bonds. The summed E-state index contributed by atoms with van der Waals surface area (Å²) >= 11 is 0. The van der Waals surface area contributed by atoms with Gasteiger partial charge in [0, 0.05) is 29.9 Å². The highest BCUT2D eigenvalue weighted by atomic mass is 19.4. The van der Waals surface area contributed by atoms with Crippen LogP contribution in [0.2, 0.25) is 0 Å². The lowest BCUT2D eigenvalue weighted by Gasteiger charge is -2.39. The molecule has 2 fully saturated rings. The van der Waals surface area contributed by atoms with Crippen LogP contribution in [0.15, 0.2) is 24.3 Å². The van der Waals surface area contributed by atoms with E-state index < -0.39 is 6.36 Å². The minimum Gasteiger partial charge on any atom is -0.406 e. The van der Waals surface area contributed by atoms with Gasteiger partial charge < -0.3 is 15.4 Å². The van der Waals surface area contributed by atoms with Gasteiger partial charge in [0.25, 0.3) is 0 Å². The molecule has 1 aromatic rings. The first-order chi connectivity index (χ1) is 9.42. The number of benzene rings is 1. The number of piperidine rings is 1. The Kier molecular flexibility index (Phi) is 3.28. The third-order valence-corrected chi connectivity index (χ3v) is 4.12. The van der Waals surface area contributed by atoms with Gasteiger partial charge in [0.05, 0.1) is 0 Å². The van der Waals surface area contributed by atoms with Gasteiger partial charge in [0.15, 0.2) is 0 Å². The first kappa shape index (κ1) is 13.5. The lowest BCUT2D eigenvalue weighted by atomic mass is 9.97. The van der Waals surface area contributed by atoms with Crippen LogP contribution in [0.5, 0.6) is 5.75 Å². The second-order valence-corrected chi connectivity index (χ2v) is 5.57. The van der Waals surface area contributed by atoms with E-state index in [4.69, 9.17) is 5.73 Å². The van der Waals surface area contributed by atoms with E-state index in [-0.39, 0.29) is 11.8 Å². The fourth-order valence-electron chi connectivity index (χ4n) is 3.48. The smallest absolute Gasteiger partial charge is 0.406 e. The van der Waals surface area contributed by atoms with E-state index in [1.807, 2.05) is 6.07 Å². The zero-order valence-corrected chi connectivity index (χ0v) is 10.9. The Labute approximate surface area is 115 Å². The van der Waals surface area contributed by atoms with Gasteiger partial charge in [0.2, 0.25) is 0 Å². The van der Waals surface area contributed by atoms with Crippen LogP contribution in [0.1, 0.15) is 25.7 Å². The number of alkyl halides is 3. The van der Waals surface area contributed by atoms with Crippen LogP contribution >= 0.6 is 0 Å². The minimum atomic E-state index is -4.65. The van der Waals surface area contributed by atoms with Crippen molar-refractivity contribution in [1.29, 1.82) is 0 Å². The number of nitrogens with two attached hydrogens (primary N) is 1. The molecule has 2 N–H and O–H groups in total. The normalized spacial score (nSPS) is 29.6. The minimum absolute atomic E-state index is 0.163. The molecule has 2 bridgehead atoms. The van der Waals surface area contributed by atoms with Gasteiger partial charge in [0.1, 0.15) is 5.75 Å². The molecule has 0 aliphatic carbocycles. The van der Waals surface area contributed by atoms with Crippen LogP contribution in [0, 0.1) is 0 Å². The monoisotopic (exact) mass is 286 g/mol. The van der Waals surface area contributed by atoms with Crippen molar-refractivity contribution in [3.8, 4) is 5.75 Å². The van der Waals surface area contributed by atoms with Crippen LogP contribution in [0.25, 0.3) is 0 Å². The summed E-state index contributed by atoms with van der Waals surface area (Å²) in [5, 5.41) is 0. The first-order valence-electron chi connectivity index (χ1n) is 6.82. The lowest BCUT2D eigenvalue weighted by Crippen LogP contribution is -2.47. The maximum Gasteiger partial charge on any atom is 0.573 e. The summed E-state index contributed by atoms with van der Waals surface area (Å²) in [7, 11) is 0. The van der Waals surface area contributed by atoms with E-state index in [1.165, 1.54) is 12.1 Å². The predicted molar refractivity (Wildman–Crippen MR) is 69.6 cm³/mol. The lowest BCUT2D eigenvalue weighted by molar-refractivity contribution is -0.274. The summed E-state index contributed by atoms with van der Waals surface area (Å²) in [5.74, 6) is -0.163. The van der Waals surface area contributed by atoms with Gasteiger partial charge in [-0.05, 0) is 37.8 Å². The first-order valence-corrected chi connectivity index (χ1v) is 6.82. The van der Waals surface area contributed by atoms with Crippen LogP contribution in [0.4, 0.5) is 18.9 Å². The van der Waals surface area contributed by atoms with Gasteiger partial charge >= 0.3 is 6.36 Å². The molecule has 2 heterocycles. The summed E-state index contributed by atoms with van der Waals surface area (Å²) in [6.45, 7) is 0. The van der Waals surface area contributed by atoms with Crippen LogP contribution in [-0.4, -0.2) is 24.5 Å². The van der Waals surface area contributed by atoms with Crippen molar-refractivity contribution in [2.24, 2.45) is 5.73 Å². The van der Waals surface area contributed by atoms with E-state index >= 15 is 0 Å². The standard InChI is InChI=1S/C14H17F3N2O/c15-14(16,17)20-13-3-1-2-10(8-13)19-11-4-5-12(19)7-9(18)6-11/h1-3,8-9,11-12H,4-7,18H2. The maximum atomic E-state index is 12.3. The Morgan fingerprint density at radius 2 is 1.80 bits per heavy atom. The average molecular weight is 286 g/mol. The summed E-state index contributed by atoms with van der Waals surface area (Å²) < 4.78 is 40.8. The molecule has 0 radical (unpaired) electrons. The van der Waals surface area contributed by atoms with Crippen molar-refractivity contribution in [3.05, 3.63) is 24.3 Å². The molecule has 110 valence electrons. The van der Waals surface area contributed by atoms with Crippen LogP contribution in [0.3, 0.4) is 0 Å². The molecule has 20 heavy (non-hydrogen) atoms. The number of hydrogen-bond donors (Lipinski definition) is 1. The molecule has 6 heteroatoms. The molecular formula is C14H17F3N2O. The van der Waals surface area contributed by atoms with Gasteiger partial charge in [-0.3, -0.25) is 0 Å². The van der Waals surface area contributed by atoms with Gasteiger partial charge in [-0.25, -0.2) is 0 Å². The molecule has 2 atom stereocenters. The largest absolute Gasteiger partial charge is 0.573 e. The van der Waals surface area contributed by atoms with Crippen molar-refractivity contribution in [3.63, 3.8) is 0 Å². The number of fused-ring (bicyclic) bond motifs is 2. The number of nitrogens with zero attached hydrogens (tertiary/aromatic N) is 1. The summed E-state index contributed by atoms with van der Waals surface area (Å²) in [5.41, 5.74) is 6.81. The highest BCUT2D eigenvalue weighted by Gasteiger charge is 2.40. The molecule has 1 aromatic carbocycles. The van der Waals surface area contributed by atoms with Crippen molar-refractivity contribution in [1.82, 2.24) is 0 Å². The van der Waals surface area contributed by atoms with Gasteiger partial charge in [-0.15, -0.1) is 13.2 Å². The van der Waals surface area contributed by atoms with Crippen molar-refractivity contribution < 1.29 is 17.9 Å². The van der Waals surface area contributed by atoms with Gasteiger partial charge in [-0.2, -0.15) is 0 Å².